The van der Waals surface area contributed by atoms with Crippen LogP contribution < -0.4 is 10.1 Å². The second kappa shape index (κ2) is 6.51. The van der Waals surface area contributed by atoms with Crippen molar-refractivity contribution in [3.05, 3.63) is 29.3 Å². The van der Waals surface area contributed by atoms with Crippen molar-refractivity contribution >= 4 is 0 Å². The number of aryl methyl sites for hydroxylation is 1. The molecule has 1 aromatic carbocycles. The molecule has 0 saturated heterocycles. The summed E-state index contributed by atoms with van der Waals surface area (Å²) >= 11 is 0. The van der Waals surface area contributed by atoms with Gasteiger partial charge in [-0.2, -0.15) is 0 Å². The standard InChI is InChI=1S/C13H21NO2/c1-10-5-6-13(16-3)12(9-10)11(2)14-7-4-8-15/h5-6,9,11,14-15H,4,7-8H2,1-3H3. The van der Waals surface area contributed by atoms with Gasteiger partial charge in [-0.25, -0.2) is 0 Å². The van der Waals surface area contributed by atoms with Crippen molar-refractivity contribution in [3.63, 3.8) is 0 Å². The second-order valence-corrected chi connectivity index (χ2v) is 4.00. The van der Waals surface area contributed by atoms with Gasteiger partial charge in [-0.05, 0) is 32.9 Å². The highest BCUT2D eigenvalue weighted by Gasteiger charge is 2.10. The fraction of sp³-hybridized carbons (Fsp3) is 0.538. The molecular weight excluding hydrogens is 202 g/mol. The Morgan fingerprint density at radius 3 is 2.81 bits per heavy atom. The van der Waals surface area contributed by atoms with Crippen molar-refractivity contribution in [3.8, 4) is 5.75 Å². The number of aliphatic hydroxyl groups excluding tert-OH is 1. The molecule has 3 heteroatoms. The molecule has 0 aliphatic carbocycles. The van der Waals surface area contributed by atoms with Gasteiger partial charge >= 0.3 is 0 Å². The van der Waals surface area contributed by atoms with Gasteiger partial charge in [0.15, 0.2) is 0 Å². The molecule has 0 fully saturated rings. The molecule has 0 saturated carbocycles. The van der Waals surface area contributed by atoms with Crippen LogP contribution in [0, 0.1) is 6.92 Å². The first-order chi connectivity index (χ1) is 7.69. The first-order valence-electron chi connectivity index (χ1n) is 5.67. The van der Waals surface area contributed by atoms with Gasteiger partial charge in [0.2, 0.25) is 0 Å². The third-order valence-corrected chi connectivity index (χ3v) is 2.64. The summed E-state index contributed by atoms with van der Waals surface area (Å²) in [4.78, 5) is 0. The largest absolute Gasteiger partial charge is 0.496 e. The predicted molar refractivity (Wildman–Crippen MR) is 65.9 cm³/mol. The summed E-state index contributed by atoms with van der Waals surface area (Å²) in [6.45, 7) is 5.22. The molecule has 1 unspecified atom stereocenters. The van der Waals surface area contributed by atoms with Gasteiger partial charge in [-0.15, -0.1) is 0 Å². The molecule has 0 aliphatic rings. The summed E-state index contributed by atoms with van der Waals surface area (Å²) in [5.74, 6) is 0.912. The van der Waals surface area contributed by atoms with E-state index in [1.165, 1.54) is 11.1 Å². The van der Waals surface area contributed by atoms with Gasteiger partial charge < -0.3 is 15.2 Å². The van der Waals surface area contributed by atoms with Crippen LogP contribution in [-0.4, -0.2) is 25.4 Å². The number of ether oxygens (including phenoxy) is 1. The van der Waals surface area contributed by atoms with E-state index in [2.05, 4.69) is 25.2 Å². The average Bonchev–Trinajstić information content (AvgIpc) is 2.29. The zero-order chi connectivity index (χ0) is 12.0. The lowest BCUT2D eigenvalue weighted by Gasteiger charge is -2.17. The molecule has 0 bridgehead atoms. The lowest BCUT2D eigenvalue weighted by molar-refractivity contribution is 0.283. The highest BCUT2D eigenvalue weighted by Crippen LogP contribution is 2.25. The maximum atomic E-state index is 8.73. The van der Waals surface area contributed by atoms with Crippen molar-refractivity contribution in [2.45, 2.75) is 26.3 Å². The smallest absolute Gasteiger partial charge is 0.123 e. The van der Waals surface area contributed by atoms with Crippen molar-refractivity contribution in [1.82, 2.24) is 5.32 Å². The van der Waals surface area contributed by atoms with Crippen LogP contribution in [0.25, 0.3) is 0 Å². The third kappa shape index (κ3) is 3.51. The van der Waals surface area contributed by atoms with Crippen LogP contribution in [-0.2, 0) is 0 Å². The van der Waals surface area contributed by atoms with Crippen LogP contribution >= 0.6 is 0 Å². The lowest BCUT2D eigenvalue weighted by atomic mass is 10.0. The van der Waals surface area contributed by atoms with Crippen LogP contribution in [0.2, 0.25) is 0 Å². The third-order valence-electron chi connectivity index (χ3n) is 2.64. The number of hydrogen-bond acceptors (Lipinski definition) is 3. The Kier molecular flexibility index (Phi) is 5.29. The van der Waals surface area contributed by atoms with Gasteiger partial charge in [0.25, 0.3) is 0 Å². The van der Waals surface area contributed by atoms with E-state index in [1.54, 1.807) is 7.11 Å². The molecular formula is C13H21NO2. The second-order valence-electron chi connectivity index (χ2n) is 4.00. The topological polar surface area (TPSA) is 41.5 Å². The molecule has 2 N–H and O–H groups in total. The average molecular weight is 223 g/mol. The molecule has 1 aromatic rings. The molecule has 0 aromatic heterocycles. The van der Waals surface area contributed by atoms with Gasteiger partial charge in [-0.3, -0.25) is 0 Å². The van der Waals surface area contributed by atoms with Crippen molar-refractivity contribution in [1.29, 1.82) is 0 Å². The molecule has 1 atom stereocenters. The van der Waals surface area contributed by atoms with E-state index >= 15 is 0 Å². The van der Waals surface area contributed by atoms with Crippen LogP contribution in [0.1, 0.15) is 30.5 Å². The quantitative estimate of drug-likeness (QED) is 0.725. The fourth-order valence-electron chi connectivity index (χ4n) is 1.70. The number of nitrogens with one attached hydrogen (secondary N) is 1. The normalized spacial score (nSPS) is 12.5. The summed E-state index contributed by atoms with van der Waals surface area (Å²) in [5.41, 5.74) is 2.40. The molecule has 90 valence electrons. The van der Waals surface area contributed by atoms with E-state index in [9.17, 15) is 0 Å². The predicted octanol–water partition coefficient (Wildman–Crippen LogP) is 2.04. The Bertz CT molecular complexity index is 326. The Balaban J connectivity index is 2.72. The highest BCUT2D eigenvalue weighted by molar-refractivity contribution is 5.38. The molecule has 0 amide bonds. The Hall–Kier alpha value is -1.06. The molecule has 0 heterocycles. The molecule has 3 nitrogen and oxygen atoms in total. The number of aliphatic hydroxyl groups is 1. The Morgan fingerprint density at radius 1 is 1.44 bits per heavy atom. The monoisotopic (exact) mass is 223 g/mol. The number of rotatable bonds is 6. The van der Waals surface area contributed by atoms with Crippen LogP contribution in [0.15, 0.2) is 18.2 Å². The van der Waals surface area contributed by atoms with Gasteiger partial charge in [0.1, 0.15) is 5.75 Å². The number of methoxy groups -OCH3 is 1. The highest BCUT2D eigenvalue weighted by atomic mass is 16.5. The van der Waals surface area contributed by atoms with Crippen LogP contribution in [0.5, 0.6) is 5.75 Å². The minimum atomic E-state index is 0.227. The van der Waals surface area contributed by atoms with E-state index in [1.807, 2.05) is 12.1 Å². The molecule has 0 spiro atoms. The van der Waals surface area contributed by atoms with Gasteiger partial charge in [0.05, 0.1) is 7.11 Å². The first-order valence-corrected chi connectivity index (χ1v) is 5.67. The minimum absolute atomic E-state index is 0.227. The molecule has 0 aliphatic heterocycles. The summed E-state index contributed by atoms with van der Waals surface area (Å²) < 4.78 is 5.34. The van der Waals surface area contributed by atoms with Crippen molar-refractivity contribution in [2.24, 2.45) is 0 Å². The van der Waals surface area contributed by atoms with Crippen molar-refractivity contribution in [2.75, 3.05) is 20.3 Å². The van der Waals surface area contributed by atoms with Crippen LogP contribution in [0.4, 0.5) is 0 Å². The summed E-state index contributed by atoms with van der Waals surface area (Å²) in [5, 5.41) is 12.1. The number of hydrogen-bond donors (Lipinski definition) is 2. The van der Waals surface area contributed by atoms with E-state index < -0.39 is 0 Å². The van der Waals surface area contributed by atoms with E-state index in [0.29, 0.717) is 0 Å². The maximum absolute atomic E-state index is 8.73. The number of benzene rings is 1. The van der Waals surface area contributed by atoms with Crippen molar-refractivity contribution < 1.29 is 9.84 Å². The Morgan fingerprint density at radius 2 is 2.19 bits per heavy atom. The lowest BCUT2D eigenvalue weighted by Crippen LogP contribution is -2.21. The summed E-state index contributed by atoms with van der Waals surface area (Å²) in [6.07, 6.45) is 0.776. The minimum Gasteiger partial charge on any atom is -0.496 e. The van der Waals surface area contributed by atoms with E-state index in [4.69, 9.17) is 9.84 Å². The molecule has 1 rings (SSSR count). The molecule has 16 heavy (non-hydrogen) atoms. The van der Waals surface area contributed by atoms with Gasteiger partial charge in [0, 0.05) is 18.2 Å². The maximum Gasteiger partial charge on any atom is 0.123 e. The van der Waals surface area contributed by atoms with E-state index in [-0.39, 0.29) is 12.6 Å². The Labute approximate surface area is 97.4 Å². The zero-order valence-corrected chi connectivity index (χ0v) is 10.3. The zero-order valence-electron chi connectivity index (χ0n) is 10.3. The summed E-state index contributed by atoms with van der Waals surface area (Å²) in [6, 6.07) is 6.41. The SMILES string of the molecule is COc1ccc(C)cc1C(C)NCCCO. The van der Waals surface area contributed by atoms with Gasteiger partial charge in [-0.1, -0.05) is 17.7 Å². The summed E-state index contributed by atoms with van der Waals surface area (Å²) in [7, 11) is 1.69. The first kappa shape index (κ1) is 13.0. The fourth-order valence-corrected chi connectivity index (χ4v) is 1.70. The molecule has 0 radical (unpaired) electrons. The van der Waals surface area contributed by atoms with E-state index in [0.717, 1.165) is 18.7 Å². The van der Waals surface area contributed by atoms with Crippen LogP contribution in [0.3, 0.4) is 0 Å².